The third-order valence-electron chi connectivity index (χ3n) is 4.05. The third-order valence-corrected chi connectivity index (χ3v) is 4.05. The molecule has 1 aromatic carbocycles. The number of nitrogens with zero attached hydrogens (tertiary/aromatic N) is 1. The number of imide groups is 1. The van der Waals surface area contributed by atoms with Crippen LogP contribution in [0.5, 0.6) is 11.5 Å². The van der Waals surface area contributed by atoms with Crippen molar-refractivity contribution in [2.24, 2.45) is 0 Å². The summed E-state index contributed by atoms with van der Waals surface area (Å²) in [7, 11) is 0. The number of aryl methyl sites for hydroxylation is 1. The second-order valence-corrected chi connectivity index (χ2v) is 5.50. The Balaban J connectivity index is 1.61. The summed E-state index contributed by atoms with van der Waals surface area (Å²) in [6.07, 6.45) is 0.849. The molecule has 0 aromatic heterocycles. The van der Waals surface area contributed by atoms with Crippen LogP contribution in [-0.4, -0.2) is 42.0 Å². The van der Waals surface area contributed by atoms with Gasteiger partial charge in [-0.1, -0.05) is 6.07 Å². The molecular weight excluding hydrogens is 300 g/mol. The van der Waals surface area contributed by atoms with Gasteiger partial charge in [0.05, 0.1) is 6.42 Å². The fourth-order valence-corrected chi connectivity index (χ4v) is 2.85. The second-order valence-electron chi connectivity index (χ2n) is 5.50. The highest BCUT2D eigenvalue weighted by Gasteiger charge is 2.36. The predicted molar refractivity (Wildman–Crippen MR) is 79.8 cm³/mol. The average Bonchev–Trinajstić information content (AvgIpc) is 3.12. The van der Waals surface area contributed by atoms with Gasteiger partial charge in [0.2, 0.25) is 24.5 Å². The first-order chi connectivity index (χ1) is 11.1. The van der Waals surface area contributed by atoms with Crippen LogP contribution < -0.4 is 14.8 Å². The maximum atomic E-state index is 12.4. The van der Waals surface area contributed by atoms with Crippen LogP contribution >= 0.6 is 0 Å². The normalized spacial score (nSPS) is 18.9. The molecule has 0 bridgehead atoms. The fourth-order valence-electron chi connectivity index (χ4n) is 2.85. The van der Waals surface area contributed by atoms with Crippen molar-refractivity contribution in [3.05, 3.63) is 23.8 Å². The van der Waals surface area contributed by atoms with Gasteiger partial charge >= 0.3 is 0 Å². The molecule has 2 aliphatic heterocycles. The summed E-state index contributed by atoms with van der Waals surface area (Å²) in [6, 6.07) is 4.89. The summed E-state index contributed by atoms with van der Waals surface area (Å²) in [5.41, 5.74) is 0.964. The minimum Gasteiger partial charge on any atom is -0.454 e. The van der Waals surface area contributed by atoms with Gasteiger partial charge in [0.15, 0.2) is 11.5 Å². The minimum atomic E-state index is -0.684. The molecule has 1 unspecified atom stereocenters. The molecule has 122 valence electrons. The summed E-state index contributed by atoms with van der Waals surface area (Å²) in [4.78, 5) is 36.9. The van der Waals surface area contributed by atoms with E-state index in [2.05, 4.69) is 5.32 Å². The van der Waals surface area contributed by atoms with Gasteiger partial charge in [-0.2, -0.15) is 0 Å². The number of fused-ring (bicyclic) bond motifs is 1. The molecule has 7 nitrogen and oxygen atoms in total. The van der Waals surface area contributed by atoms with Crippen molar-refractivity contribution < 1.29 is 23.9 Å². The van der Waals surface area contributed by atoms with E-state index in [0.717, 1.165) is 5.56 Å². The first kappa shape index (κ1) is 15.3. The first-order valence-corrected chi connectivity index (χ1v) is 7.60. The molecule has 1 aromatic rings. The summed E-state index contributed by atoms with van der Waals surface area (Å²) in [6.45, 7) is 2.41. The molecule has 0 saturated carbocycles. The lowest BCUT2D eigenvalue weighted by Gasteiger charge is -2.25. The van der Waals surface area contributed by atoms with Gasteiger partial charge in [-0.15, -0.1) is 0 Å². The van der Waals surface area contributed by atoms with Crippen LogP contribution in [0.2, 0.25) is 0 Å². The highest BCUT2D eigenvalue weighted by Crippen LogP contribution is 2.32. The van der Waals surface area contributed by atoms with Crippen molar-refractivity contribution in [1.82, 2.24) is 10.2 Å². The van der Waals surface area contributed by atoms with E-state index in [1.165, 1.54) is 4.90 Å². The Hall–Kier alpha value is -2.57. The standard InChI is InChI=1S/C16H18N2O5/c1-2-18(11-8-14(19)17-16(11)21)15(20)6-4-10-3-5-12-13(7-10)23-9-22-12/h3,5,7,11H,2,4,6,8-9H2,1H3,(H,17,19,21). The van der Waals surface area contributed by atoms with Gasteiger partial charge in [0, 0.05) is 13.0 Å². The molecule has 0 radical (unpaired) electrons. The zero-order chi connectivity index (χ0) is 16.4. The van der Waals surface area contributed by atoms with Gasteiger partial charge in [-0.05, 0) is 31.0 Å². The Labute approximate surface area is 133 Å². The van der Waals surface area contributed by atoms with Crippen LogP contribution in [0, 0.1) is 0 Å². The topological polar surface area (TPSA) is 84.9 Å². The molecule has 0 aliphatic carbocycles. The van der Waals surface area contributed by atoms with Crippen LogP contribution in [0.4, 0.5) is 0 Å². The first-order valence-electron chi connectivity index (χ1n) is 7.60. The summed E-state index contributed by atoms with van der Waals surface area (Å²) < 4.78 is 10.6. The number of rotatable bonds is 5. The average molecular weight is 318 g/mol. The van der Waals surface area contributed by atoms with Crippen LogP contribution in [-0.2, 0) is 20.8 Å². The van der Waals surface area contributed by atoms with Gasteiger partial charge in [0.1, 0.15) is 6.04 Å². The Bertz CT molecular complexity index is 658. The lowest BCUT2D eigenvalue weighted by molar-refractivity contribution is -0.138. The van der Waals surface area contributed by atoms with E-state index in [-0.39, 0.29) is 31.4 Å². The van der Waals surface area contributed by atoms with E-state index < -0.39 is 11.9 Å². The fraction of sp³-hybridized carbons (Fsp3) is 0.438. The minimum absolute atomic E-state index is 0.0441. The smallest absolute Gasteiger partial charge is 0.249 e. The van der Waals surface area contributed by atoms with Crippen LogP contribution in [0.15, 0.2) is 18.2 Å². The van der Waals surface area contributed by atoms with E-state index >= 15 is 0 Å². The molecule has 1 atom stereocenters. The number of benzene rings is 1. The Morgan fingerprint density at radius 2 is 2.09 bits per heavy atom. The highest BCUT2D eigenvalue weighted by atomic mass is 16.7. The van der Waals surface area contributed by atoms with E-state index in [1.807, 2.05) is 18.2 Å². The number of nitrogens with one attached hydrogen (secondary N) is 1. The summed E-state index contributed by atoms with van der Waals surface area (Å²) in [5, 5.41) is 2.24. The zero-order valence-corrected chi connectivity index (χ0v) is 12.8. The van der Waals surface area contributed by atoms with Gasteiger partial charge in [-0.3, -0.25) is 19.7 Å². The van der Waals surface area contributed by atoms with Crippen molar-refractivity contribution in [3.8, 4) is 11.5 Å². The highest BCUT2D eigenvalue weighted by molar-refractivity contribution is 6.06. The lowest BCUT2D eigenvalue weighted by Crippen LogP contribution is -2.44. The molecule has 23 heavy (non-hydrogen) atoms. The Morgan fingerprint density at radius 3 is 2.78 bits per heavy atom. The van der Waals surface area contributed by atoms with E-state index in [4.69, 9.17) is 9.47 Å². The van der Waals surface area contributed by atoms with Crippen LogP contribution in [0.3, 0.4) is 0 Å². The Morgan fingerprint density at radius 1 is 1.30 bits per heavy atom. The summed E-state index contributed by atoms with van der Waals surface area (Å²) in [5.74, 6) is 0.523. The second kappa shape index (κ2) is 6.28. The maximum Gasteiger partial charge on any atom is 0.249 e. The van der Waals surface area contributed by atoms with Crippen molar-refractivity contribution in [3.63, 3.8) is 0 Å². The van der Waals surface area contributed by atoms with E-state index in [1.54, 1.807) is 6.92 Å². The largest absolute Gasteiger partial charge is 0.454 e. The van der Waals surface area contributed by atoms with Crippen molar-refractivity contribution in [1.29, 1.82) is 0 Å². The third kappa shape index (κ3) is 3.13. The predicted octanol–water partition coefficient (Wildman–Crippen LogP) is 0.611. The number of amides is 3. The quantitative estimate of drug-likeness (QED) is 0.804. The maximum absolute atomic E-state index is 12.4. The van der Waals surface area contributed by atoms with Crippen LogP contribution in [0.25, 0.3) is 0 Å². The Kier molecular flexibility index (Phi) is 4.18. The van der Waals surface area contributed by atoms with Crippen molar-refractivity contribution in [2.45, 2.75) is 32.2 Å². The molecular formula is C16H18N2O5. The number of likely N-dealkylation sites (N-methyl/N-ethyl adjacent to an activating group) is 1. The molecule has 3 rings (SSSR count). The number of carbonyl (C=O) groups excluding carboxylic acids is 3. The molecule has 2 aliphatic rings. The molecule has 1 fully saturated rings. The van der Waals surface area contributed by atoms with Gasteiger partial charge in [0.25, 0.3) is 0 Å². The zero-order valence-electron chi connectivity index (χ0n) is 12.8. The number of ether oxygens (including phenoxy) is 2. The van der Waals surface area contributed by atoms with Crippen LogP contribution in [0.1, 0.15) is 25.3 Å². The molecule has 0 spiro atoms. The molecule has 1 N–H and O–H groups in total. The van der Waals surface area contributed by atoms with E-state index in [9.17, 15) is 14.4 Å². The molecule has 3 amide bonds. The SMILES string of the molecule is CCN(C(=O)CCc1ccc2c(c1)OCO2)C1CC(=O)NC1=O. The lowest BCUT2D eigenvalue weighted by atomic mass is 10.1. The number of hydrogen-bond donors (Lipinski definition) is 1. The van der Waals surface area contributed by atoms with Gasteiger partial charge < -0.3 is 14.4 Å². The number of hydrogen-bond acceptors (Lipinski definition) is 5. The molecule has 7 heteroatoms. The molecule has 2 heterocycles. The monoisotopic (exact) mass is 318 g/mol. The van der Waals surface area contributed by atoms with E-state index in [0.29, 0.717) is 24.5 Å². The number of carbonyl (C=O) groups is 3. The van der Waals surface area contributed by atoms with Gasteiger partial charge in [-0.25, -0.2) is 0 Å². The molecule has 1 saturated heterocycles. The van der Waals surface area contributed by atoms with Crippen molar-refractivity contribution >= 4 is 17.7 Å². The summed E-state index contributed by atoms with van der Waals surface area (Å²) >= 11 is 0. The van der Waals surface area contributed by atoms with Crippen molar-refractivity contribution in [2.75, 3.05) is 13.3 Å².